The molecule has 0 aliphatic carbocycles. The van der Waals surface area contributed by atoms with Crippen molar-refractivity contribution >= 4 is 23.4 Å². The molecule has 5 nitrogen and oxygen atoms in total. The molecule has 2 rings (SSSR count). The molecule has 0 atom stereocenters. The van der Waals surface area contributed by atoms with Gasteiger partial charge in [-0.3, -0.25) is 4.79 Å². The molecule has 1 N–H and O–H groups in total. The summed E-state index contributed by atoms with van der Waals surface area (Å²) in [4.78, 5) is 13.5. The van der Waals surface area contributed by atoms with E-state index in [-0.39, 0.29) is 5.91 Å². The first-order valence-electron chi connectivity index (χ1n) is 6.81. The lowest BCUT2D eigenvalue weighted by atomic mass is 10.1. The van der Waals surface area contributed by atoms with E-state index < -0.39 is 0 Å². The minimum atomic E-state index is -0.309. The van der Waals surface area contributed by atoms with Gasteiger partial charge >= 0.3 is 0 Å². The number of anilines is 1. The monoisotopic (exact) mass is 328 g/mol. The first kappa shape index (κ1) is 16.7. The summed E-state index contributed by atoms with van der Waals surface area (Å²) in [7, 11) is 3.01. The fourth-order valence-corrected chi connectivity index (χ4v) is 2.58. The topological polar surface area (TPSA) is 71.3 Å². The maximum Gasteiger partial charge on any atom is 0.263 e. The Labute approximate surface area is 139 Å². The van der Waals surface area contributed by atoms with E-state index in [4.69, 9.17) is 14.7 Å². The Kier molecular flexibility index (Phi) is 5.89. The van der Waals surface area contributed by atoms with Crippen LogP contribution in [0.15, 0.2) is 47.4 Å². The molecule has 0 radical (unpaired) electrons. The van der Waals surface area contributed by atoms with Crippen LogP contribution in [0.25, 0.3) is 0 Å². The van der Waals surface area contributed by atoms with E-state index >= 15 is 0 Å². The van der Waals surface area contributed by atoms with Crippen molar-refractivity contribution in [2.75, 3.05) is 25.3 Å². The number of ether oxygens (including phenoxy) is 2. The second-order valence-electron chi connectivity index (χ2n) is 4.46. The zero-order chi connectivity index (χ0) is 16.7. The number of carbonyl (C=O) groups excluding carboxylic acids is 1. The predicted octanol–water partition coefficient (Wildman–Crippen LogP) is 3.57. The lowest BCUT2D eigenvalue weighted by Crippen LogP contribution is -2.14. The zero-order valence-corrected chi connectivity index (χ0v) is 13.6. The smallest absolute Gasteiger partial charge is 0.263 e. The van der Waals surface area contributed by atoms with Crippen LogP contribution < -0.4 is 14.8 Å². The van der Waals surface area contributed by atoms with Gasteiger partial charge in [0.25, 0.3) is 5.91 Å². The average molecular weight is 328 g/mol. The standard InChI is InChI=1S/C17H16N2O3S/c1-21-14-4-3-5-15(22-2)16(14)17(20)19-12-6-8-13(9-7-12)23-11-10-18/h3-9H,11H2,1-2H3,(H,19,20). The fourth-order valence-electron chi connectivity index (χ4n) is 2.02. The predicted molar refractivity (Wildman–Crippen MR) is 90.3 cm³/mol. The molecule has 0 fully saturated rings. The first-order valence-corrected chi connectivity index (χ1v) is 7.80. The van der Waals surface area contributed by atoms with Gasteiger partial charge in [-0.1, -0.05) is 6.07 Å². The van der Waals surface area contributed by atoms with Crippen molar-refractivity contribution in [2.45, 2.75) is 4.90 Å². The molecule has 1 amide bonds. The van der Waals surface area contributed by atoms with E-state index in [0.29, 0.717) is 28.5 Å². The molecule has 0 spiro atoms. The summed E-state index contributed by atoms with van der Waals surface area (Å²) in [6, 6.07) is 14.5. The van der Waals surface area contributed by atoms with Gasteiger partial charge in [-0.15, -0.1) is 11.8 Å². The number of carbonyl (C=O) groups is 1. The lowest BCUT2D eigenvalue weighted by Gasteiger charge is -2.13. The summed E-state index contributed by atoms with van der Waals surface area (Å²) in [5, 5.41) is 11.4. The van der Waals surface area contributed by atoms with Crippen molar-refractivity contribution in [2.24, 2.45) is 0 Å². The van der Waals surface area contributed by atoms with Gasteiger partial charge in [0.05, 0.1) is 26.0 Å². The Hall–Kier alpha value is -2.65. The minimum absolute atomic E-state index is 0.309. The van der Waals surface area contributed by atoms with Crippen molar-refractivity contribution in [3.63, 3.8) is 0 Å². The summed E-state index contributed by atoms with van der Waals surface area (Å²) in [5.41, 5.74) is 1.00. The third-order valence-corrected chi connectivity index (χ3v) is 3.95. The summed E-state index contributed by atoms with van der Waals surface area (Å²) in [6.07, 6.45) is 0. The Balaban J connectivity index is 2.18. The molecule has 118 valence electrons. The average Bonchev–Trinajstić information content (AvgIpc) is 2.60. The van der Waals surface area contributed by atoms with Gasteiger partial charge in [0.15, 0.2) is 0 Å². The Bertz CT molecular complexity index is 701. The number of nitriles is 1. The van der Waals surface area contributed by atoms with E-state index in [0.717, 1.165) is 4.90 Å². The Morgan fingerprint density at radius 3 is 2.26 bits per heavy atom. The van der Waals surface area contributed by atoms with E-state index in [1.54, 1.807) is 30.3 Å². The molecule has 23 heavy (non-hydrogen) atoms. The molecule has 0 aliphatic rings. The SMILES string of the molecule is COc1cccc(OC)c1C(=O)Nc1ccc(SCC#N)cc1. The van der Waals surface area contributed by atoms with E-state index in [2.05, 4.69) is 11.4 Å². The van der Waals surface area contributed by atoms with Crippen LogP contribution in [0.3, 0.4) is 0 Å². The van der Waals surface area contributed by atoms with E-state index in [9.17, 15) is 4.79 Å². The molecule has 0 aliphatic heterocycles. The molecule has 2 aromatic carbocycles. The van der Waals surface area contributed by atoms with Crippen LogP contribution in [-0.4, -0.2) is 25.9 Å². The number of nitrogens with one attached hydrogen (secondary N) is 1. The van der Waals surface area contributed by atoms with Crippen LogP contribution in [0.1, 0.15) is 10.4 Å². The van der Waals surface area contributed by atoms with E-state index in [1.807, 2.05) is 12.1 Å². The van der Waals surface area contributed by atoms with Crippen molar-refractivity contribution in [3.05, 3.63) is 48.0 Å². The zero-order valence-electron chi connectivity index (χ0n) is 12.8. The summed E-state index contributed by atoms with van der Waals surface area (Å²) < 4.78 is 10.5. The number of nitrogens with zero attached hydrogens (tertiary/aromatic N) is 1. The summed E-state index contributed by atoms with van der Waals surface area (Å²) >= 11 is 1.44. The largest absolute Gasteiger partial charge is 0.496 e. The number of amides is 1. The molecule has 2 aromatic rings. The highest BCUT2D eigenvalue weighted by Crippen LogP contribution is 2.29. The number of methoxy groups -OCH3 is 2. The van der Waals surface area contributed by atoms with Gasteiger partial charge in [-0.25, -0.2) is 0 Å². The highest BCUT2D eigenvalue weighted by molar-refractivity contribution is 7.99. The molecule has 0 unspecified atom stereocenters. The molecule has 0 saturated carbocycles. The van der Waals surface area contributed by atoms with Crippen LogP contribution in [0, 0.1) is 11.3 Å². The molecule has 0 heterocycles. The number of hydrogen-bond donors (Lipinski definition) is 1. The first-order chi connectivity index (χ1) is 11.2. The Morgan fingerprint density at radius 2 is 1.74 bits per heavy atom. The van der Waals surface area contributed by atoms with Crippen LogP contribution in [-0.2, 0) is 0 Å². The maximum atomic E-state index is 12.5. The van der Waals surface area contributed by atoms with Gasteiger partial charge in [0.1, 0.15) is 17.1 Å². The molecule has 0 bridgehead atoms. The second kappa shape index (κ2) is 8.11. The summed E-state index contributed by atoms with van der Waals surface area (Å²) in [6.45, 7) is 0. The summed E-state index contributed by atoms with van der Waals surface area (Å²) in [5.74, 6) is 0.979. The highest BCUT2D eigenvalue weighted by atomic mass is 32.2. The quantitative estimate of drug-likeness (QED) is 0.821. The van der Waals surface area contributed by atoms with Crippen molar-refractivity contribution in [1.82, 2.24) is 0 Å². The number of hydrogen-bond acceptors (Lipinski definition) is 5. The molecule has 6 heteroatoms. The van der Waals surface area contributed by atoms with E-state index in [1.165, 1.54) is 26.0 Å². The van der Waals surface area contributed by atoms with Crippen LogP contribution in [0.2, 0.25) is 0 Å². The van der Waals surface area contributed by atoms with Crippen LogP contribution in [0.5, 0.6) is 11.5 Å². The maximum absolute atomic E-state index is 12.5. The van der Waals surface area contributed by atoms with Gasteiger partial charge in [-0.05, 0) is 36.4 Å². The van der Waals surface area contributed by atoms with Gasteiger partial charge in [0.2, 0.25) is 0 Å². The molecular weight excluding hydrogens is 312 g/mol. The normalized spacial score (nSPS) is 9.78. The fraction of sp³-hybridized carbons (Fsp3) is 0.176. The van der Waals surface area contributed by atoms with Crippen molar-refractivity contribution in [1.29, 1.82) is 5.26 Å². The van der Waals surface area contributed by atoms with Crippen LogP contribution in [0.4, 0.5) is 5.69 Å². The Morgan fingerprint density at radius 1 is 1.13 bits per heavy atom. The lowest BCUT2D eigenvalue weighted by molar-refractivity contribution is 0.102. The van der Waals surface area contributed by atoms with Gasteiger partial charge in [-0.2, -0.15) is 5.26 Å². The highest BCUT2D eigenvalue weighted by Gasteiger charge is 2.18. The third-order valence-electron chi connectivity index (χ3n) is 3.07. The molecular formula is C17H16N2O3S. The molecule has 0 saturated heterocycles. The van der Waals surface area contributed by atoms with Gasteiger partial charge in [0, 0.05) is 10.6 Å². The van der Waals surface area contributed by atoms with Crippen molar-refractivity contribution < 1.29 is 14.3 Å². The molecule has 0 aromatic heterocycles. The number of benzene rings is 2. The third kappa shape index (κ3) is 4.18. The van der Waals surface area contributed by atoms with Crippen molar-refractivity contribution in [3.8, 4) is 17.6 Å². The van der Waals surface area contributed by atoms with Gasteiger partial charge < -0.3 is 14.8 Å². The number of thioether (sulfide) groups is 1. The van der Waals surface area contributed by atoms with Crippen LogP contribution >= 0.6 is 11.8 Å². The minimum Gasteiger partial charge on any atom is -0.496 e. The number of rotatable bonds is 6. The second-order valence-corrected chi connectivity index (χ2v) is 5.51.